The monoisotopic (exact) mass is 492 g/mol. The zero-order valence-electron chi connectivity index (χ0n) is 18.7. The Morgan fingerprint density at radius 2 is 1.36 bits per heavy atom. The minimum Gasteiger partial charge on any atom is -0.454 e. The van der Waals surface area contributed by atoms with Gasteiger partial charge in [-0.15, -0.1) is 16.0 Å². The predicted octanol–water partition coefficient (Wildman–Crippen LogP) is -5.24. The van der Waals surface area contributed by atoms with Crippen molar-refractivity contribution in [1.82, 2.24) is 4.90 Å². The molecule has 0 radical (unpaired) electrons. The molecule has 1 saturated heterocycles. The molecule has 0 bridgehead atoms. The fraction of sp³-hybridized carbons (Fsp3) is 0.353. The molecule has 2 aliphatic rings. The largest absolute Gasteiger partial charge is 1.00 e. The van der Waals surface area contributed by atoms with Gasteiger partial charge in [0, 0.05) is 19.2 Å². The van der Waals surface area contributed by atoms with Gasteiger partial charge in [0.25, 0.3) is 0 Å². The first-order valence-electron chi connectivity index (χ1n) is 8.46. The third kappa shape index (κ3) is 19.0. The molecule has 16 heteroatoms. The van der Waals surface area contributed by atoms with Crippen LogP contribution >= 0.6 is 0 Å². The van der Waals surface area contributed by atoms with Crippen LogP contribution in [-0.4, -0.2) is 30.7 Å². The fourth-order valence-electron chi connectivity index (χ4n) is 2.54. The molecule has 1 aromatic rings. The quantitative estimate of drug-likeness (QED) is 0.130. The normalized spacial score (nSPS) is 12.4. The van der Waals surface area contributed by atoms with Crippen LogP contribution in [0, 0.1) is 30.3 Å². The molecule has 2 aliphatic heterocycles. The average Bonchev–Trinajstić information content (AvgIpc) is 3.21. The topological polar surface area (TPSA) is 196 Å². The minimum absolute atomic E-state index is 0. The molecule has 0 spiro atoms. The van der Waals surface area contributed by atoms with Crippen molar-refractivity contribution in [1.29, 1.82) is 0 Å². The number of piperidine rings is 1. The summed E-state index contributed by atoms with van der Waals surface area (Å²) in [6.07, 6.45) is 10.7. The molecule has 0 N–H and O–H groups in total. The molecule has 33 heavy (non-hydrogen) atoms. The summed E-state index contributed by atoms with van der Waals surface area (Å²) in [5, 5.41) is 27.0. The van der Waals surface area contributed by atoms with Gasteiger partial charge in [-0.3, -0.25) is 4.79 Å². The first-order valence-corrected chi connectivity index (χ1v) is 8.46. The number of carbonyl (C=O) groups excluding carboxylic acids is 1. The Morgan fingerprint density at radius 3 is 1.91 bits per heavy atom. The van der Waals surface area contributed by atoms with Crippen molar-refractivity contribution >= 4 is 12.0 Å². The summed E-state index contributed by atoms with van der Waals surface area (Å²) in [5.74, 6) is 1.65. The number of likely N-dealkylation sites (tertiary alicyclic amines) is 1. The Labute approximate surface area is 256 Å². The van der Waals surface area contributed by atoms with Crippen molar-refractivity contribution in [2.45, 2.75) is 19.3 Å². The SMILES string of the molecule is O=C(/C=C/C=C/c1ccc2c(c1)OCO2)N1CCCCC1.O=N[O-].O=N[O-].O=N[O-].[Na+].[Na+].[Na+]. The smallest absolute Gasteiger partial charge is 0.454 e. The number of ether oxygens (including phenoxy) is 2. The zero-order valence-corrected chi connectivity index (χ0v) is 24.7. The second kappa shape index (κ2) is 27.2. The Kier molecular flexibility index (Phi) is 32.3. The third-order valence-corrected chi connectivity index (χ3v) is 3.70. The van der Waals surface area contributed by atoms with E-state index in [4.69, 9.17) is 39.8 Å². The van der Waals surface area contributed by atoms with Crippen LogP contribution in [0.3, 0.4) is 0 Å². The van der Waals surface area contributed by atoms with Gasteiger partial charge in [0.15, 0.2) is 11.5 Å². The van der Waals surface area contributed by atoms with Crippen LogP contribution < -0.4 is 98.1 Å². The number of hydrogen-bond acceptors (Lipinski definition) is 12. The number of amides is 1. The molecule has 0 saturated carbocycles. The van der Waals surface area contributed by atoms with Crippen molar-refractivity contribution in [3.8, 4) is 11.5 Å². The number of hydrogen-bond donors (Lipinski definition) is 0. The van der Waals surface area contributed by atoms with Crippen molar-refractivity contribution < 1.29 is 103 Å². The molecule has 1 amide bonds. The Morgan fingerprint density at radius 1 is 0.848 bits per heavy atom. The van der Waals surface area contributed by atoms with Crippen molar-refractivity contribution in [2.75, 3.05) is 19.9 Å². The standard InChI is InChI=1S/C17H19NO3.3HNO2.3Na/c19-17(18-10-4-1-5-11-18)7-3-2-6-14-8-9-15-16(12-14)21-13-20-15;3*2-1-3;;;/h2-3,6-9,12H,1,4-5,10-11,13H2;3*(H,2,3);;;/q;;;;3*+1/p-3/b6-2+,7-3+;;;;;;. The van der Waals surface area contributed by atoms with Gasteiger partial charge in [0.2, 0.25) is 12.7 Å². The van der Waals surface area contributed by atoms with E-state index < -0.39 is 0 Å². The van der Waals surface area contributed by atoms with Gasteiger partial charge in [-0.1, -0.05) is 24.3 Å². The number of nitrogens with zero attached hydrogens (tertiary/aromatic N) is 4. The van der Waals surface area contributed by atoms with Crippen LogP contribution in [0.1, 0.15) is 24.8 Å². The van der Waals surface area contributed by atoms with E-state index in [0.29, 0.717) is 0 Å². The first-order chi connectivity index (χ1) is 14.6. The van der Waals surface area contributed by atoms with Crippen LogP contribution in [-0.2, 0) is 4.79 Å². The maximum absolute atomic E-state index is 11.9. The van der Waals surface area contributed by atoms with Crippen LogP contribution in [0.4, 0.5) is 0 Å². The summed E-state index contributed by atoms with van der Waals surface area (Å²) >= 11 is 0. The van der Waals surface area contributed by atoms with E-state index >= 15 is 0 Å². The molecule has 13 nitrogen and oxygen atoms in total. The van der Waals surface area contributed by atoms with Crippen molar-refractivity contribution in [3.63, 3.8) is 0 Å². The fourth-order valence-corrected chi connectivity index (χ4v) is 2.54. The number of allylic oxidation sites excluding steroid dienone is 2. The van der Waals surface area contributed by atoms with Crippen LogP contribution in [0.5, 0.6) is 11.5 Å². The first kappa shape index (κ1) is 39.2. The van der Waals surface area contributed by atoms with Crippen molar-refractivity contribution in [3.05, 3.63) is 72.3 Å². The van der Waals surface area contributed by atoms with Gasteiger partial charge in [-0.2, -0.15) is 0 Å². The van der Waals surface area contributed by atoms with E-state index in [2.05, 4.69) is 0 Å². The summed E-state index contributed by atoms with van der Waals surface area (Å²) in [6.45, 7) is 2.05. The Bertz CT molecular complexity index is 719. The Hall–Kier alpha value is -1.03. The molecule has 1 fully saturated rings. The molecule has 2 heterocycles. The molecule has 0 unspecified atom stereocenters. The van der Waals surface area contributed by atoms with E-state index in [-0.39, 0.29) is 101 Å². The molecule has 0 atom stereocenters. The number of fused-ring (bicyclic) bond motifs is 1. The molecular weight excluding hydrogens is 473 g/mol. The maximum atomic E-state index is 11.9. The minimum atomic E-state index is 0. The Balaban J connectivity index is -0.000000307. The summed E-state index contributed by atoms with van der Waals surface area (Å²) in [5.41, 5.74) is 1.02. The summed E-state index contributed by atoms with van der Waals surface area (Å²) in [7, 11) is 0. The van der Waals surface area contributed by atoms with Crippen LogP contribution in [0.25, 0.3) is 6.08 Å². The number of carbonyl (C=O) groups is 1. The van der Waals surface area contributed by atoms with E-state index in [0.717, 1.165) is 59.0 Å². The number of rotatable bonds is 3. The second-order valence-corrected chi connectivity index (χ2v) is 5.44. The van der Waals surface area contributed by atoms with Gasteiger partial charge in [0.05, 0.1) is 0 Å². The van der Waals surface area contributed by atoms with Crippen LogP contribution in [0.2, 0.25) is 0 Å². The summed E-state index contributed by atoms with van der Waals surface area (Å²) in [4.78, 5) is 37.8. The van der Waals surface area contributed by atoms with Gasteiger partial charge in [0.1, 0.15) is 0 Å². The van der Waals surface area contributed by atoms with Gasteiger partial charge >= 0.3 is 88.7 Å². The predicted molar refractivity (Wildman–Crippen MR) is 109 cm³/mol. The molecule has 0 aliphatic carbocycles. The van der Waals surface area contributed by atoms with Crippen molar-refractivity contribution in [2.24, 2.45) is 16.0 Å². The summed E-state index contributed by atoms with van der Waals surface area (Å²) in [6, 6.07) is 5.79. The van der Waals surface area contributed by atoms with Crippen LogP contribution in [0.15, 0.2) is 52.4 Å². The van der Waals surface area contributed by atoms with E-state index in [9.17, 15) is 4.79 Å². The third-order valence-electron chi connectivity index (χ3n) is 3.70. The molecular formula is C17H19N4Na3O9. The molecule has 3 rings (SSSR count). The zero-order chi connectivity index (χ0) is 22.6. The molecule has 1 aromatic carbocycles. The van der Waals surface area contributed by atoms with Gasteiger partial charge in [-0.25, -0.2) is 0 Å². The average molecular weight is 492 g/mol. The van der Waals surface area contributed by atoms with Gasteiger partial charge < -0.3 is 44.7 Å². The van der Waals surface area contributed by atoms with E-state index in [1.54, 1.807) is 12.2 Å². The van der Waals surface area contributed by atoms with E-state index in [1.807, 2.05) is 35.3 Å². The maximum Gasteiger partial charge on any atom is 1.00 e. The molecule has 0 aromatic heterocycles. The summed E-state index contributed by atoms with van der Waals surface area (Å²) < 4.78 is 10.6. The van der Waals surface area contributed by atoms with Gasteiger partial charge in [-0.05, 0) is 37.0 Å². The molecule has 164 valence electrons. The van der Waals surface area contributed by atoms with E-state index in [1.165, 1.54) is 6.42 Å². The second-order valence-electron chi connectivity index (χ2n) is 5.44. The number of benzene rings is 1.